The maximum absolute atomic E-state index is 2.84. The van der Waals surface area contributed by atoms with Gasteiger partial charge in [0.2, 0.25) is 0 Å². The lowest BCUT2D eigenvalue weighted by molar-refractivity contribution is -0.0247. The maximum Gasteiger partial charge on any atom is -0.0156 e. The van der Waals surface area contributed by atoms with Gasteiger partial charge in [0.05, 0.1) is 0 Å². The first-order valence-corrected chi connectivity index (χ1v) is 14.2. The summed E-state index contributed by atoms with van der Waals surface area (Å²) in [6, 6.07) is 0. The van der Waals surface area contributed by atoms with E-state index in [1.165, 1.54) is 32.1 Å². The van der Waals surface area contributed by atoms with Crippen LogP contribution in [0.2, 0.25) is 0 Å². The molecule has 0 bridgehead atoms. The fourth-order valence-corrected chi connectivity index (χ4v) is 10.4. The van der Waals surface area contributed by atoms with Crippen LogP contribution in [0.1, 0.15) is 103 Å². The second kappa shape index (κ2) is 7.52. The fourth-order valence-electron chi connectivity index (χ4n) is 10.4. The molecule has 0 aromatic carbocycles. The van der Waals surface area contributed by atoms with Crippen LogP contribution in [0.15, 0.2) is 23.3 Å². The minimum absolute atomic E-state index is 0.934. The summed E-state index contributed by atoms with van der Waals surface area (Å²) in [6.45, 7) is 0. The fraction of sp³-hybridized carbons (Fsp3) is 0.867. The summed E-state index contributed by atoms with van der Waals surface area (Å²) >= 11 is 0. The Morgan fingerprint density at radius 1 is 0.500 bits per heavy atom. The normalized spacial score (nSPS) is 52.3. The molecule has 0 radical (unpaired) electrons. The zero-order valence-electron chi connectivity index (χ0n) is 19.2. The number of rotatable bonds is 0. The topological polar surface area (TPSA) is 0 Å². The molecule has 0 heterocycles. The highest BCUT2D eigenvalue weighted by Gasteiger charge is 2.48. The molecule has 7 rings (SSSR count). The predicted molar refractivity (Wildman–Crippen MR) is 125 cm³/mol. The van der Waals surface area contributed by atoms with E-state index in [-0.39, 0.29) is 0 Å². The molecule has 0 aromatic rings. The van der Waals surface area contributed by atoms with E-state index in [0.29, 0.717) is 0 Å². The maximum atomic E-state index is 2.84. The average Bonchev–Trinajstić information content (AvgIpc) is 2.77. The summed E-state index contributed by atoms with van der Waals surface area (Å²) in [5, 5.41) is 0. The lowest BCUT2D eigenvalue weighted by atomic mass is 9.51. The van der Waals surface area contributed by atoms with Crippen molar-refractivity contribution in [2.45, 2.75) is 103 Å². The van der Waals surface area contributed by atoms with Gasteiger partial charge in [-0.05, 0) is 135 Å². The molecule has 30 heavy (non-hydrogen) atoms. The van der Waals surface area contributed by atoms with Crippen LogP contribution in [-0.4, -0.2) is 0 Å². The highest BCUT2D eigenvalue weighted by molar-refractivity contribution is 5.34. The number of fused-ring (bicyclic) bond motifs is 6. The second-order valence-electron chi connectivity index (χ2n) is 13.2. The van der Waals surface area contributed by atoms with Crippen LogP contribution in [0, 0.1) is 59.2 Å². The summed E-state index contributed by atoms with van der Waals surface area (Å²) in [4.78, 5) is 0. The van der Waals surface area contributed by atoms with E-state index in [4.69, 9.17) is 0 Å². The summed E-state index contributed by atoms with van der Waals surface area (Å²) < 4.78 is 0. The molecule has 164 valence electrons. The van der Waals surface area contributed by atoms with E-state index in [9.17, 15) is 0 Å². The monoisotopic (exact) mass is 404 g/mol. The van der Waals surface area contributed by atoms with Crippen molar-refractivity contribution in [3.63, 3.8) is 0 Å². The zero-order valence-corrected chi connectivity index (χ0v) is 19.2. The molecule has 0 spiro atoms. The van der Waals surface area contributed by atoms with Gasteiger partial charge in [-0.25, -0.2) is 0 Å². The van der Waals surface area contributed by atoms with Crippen LogP contribution in [0.5, 0.6) is 0 Å². The van der Waals surface area contributed by atoms with Gasteiger partial charge in [-0.1, -0.05) is 49.8 Å². The molecule has 0 aliphatic heterocycles. The van der Waals surface area contributed by atoms with E-state index < -0.39 is 0 Å². The summed E-state index contributed by atoms with van der Waals surface area (Å²) in [6.07, 6.45) is 30.4. The Balaban J connectivity index is 1.09. The number of hydrogen-bond acceptors (Lipinski definition) is 0. The lowest BCUT2D eigenvalue weighted by Crippen LogP contribution is -2.44. The molecule has 7 aliphatic rings. The van der Waals surface area contributed by atoms with Crippen LogP contribution in [-0.2, 0) is 0 Å². The van der Waals surface area contributed by atoms with Gasteiger partial charge in [0, 0.05) is 0 Å². The van der Waals surface area contributed by atoms with Crippen LogP contribution in [0.4, 0.5) is 0 Å². The van der Waals surface area contributed by atoms with Crippen molar-refractivity contribution in [1.29, 1.82) is 0 Å². The van der Waals surface area contributed by atoms with Crippen LogP contribution >= 0.6 is 0 Å². The number of hydrogen-bond donors (Lipinski definition) is 0. The molecular formula is C30H44. The second-order valence-corrected chi connectivity index (χ2v) is 13.2. The first kappa shape index (κ1) is 19.0. The Kier molecular flexibility index (Phi) is 4.76. The van der Waals surface area contributed by atoms with Crippen molar-refractivity contribution in [1.82, 2.24) is 0 Å². The molecule has 0 nitrogen and oxygen atoms in total. The van der Waals surface area contributed by atoms with Gasteiger partial charge in [-0.2, -0.15) is 0 Å². The SMILES string of the molecule is C1=C2C=C3CCCCC3CC2CC2CC3CC4CC5CCCCC5CC4CC3CC12. The Labute approximate surface area is 185 Å². The minimum Gasteiger partial charge on any atom is -0.0776 e. The molecule has 0 N–H and O–H groups in total. The molecule has 0 amide bonds. The molecule has 10 unspecified atom stereocenters. The van der Waals surface area contributed by atoms with Gasteiger partial charge in [-0.15, -0.1) is 0 Å². The predicted octanol–water partition coefficient (Wildman–Crippen LogP) is 8.34. The molecule has 5 saturated carbocycles. The van der Waals surface area contributed by atoms with Crippen LogP contribution in [0.25, 0.3) is 0 Å². The van der Waals surface area contributed by atoms with Crippen molar-refractivity contribution < 1.29 is 0 Å². The van der Waals surface area contributed by atoms with Crippen molar-refractivity contribution in [3.05, 3.63) is 23.3 Å². The summed E-state index contributed by atoms with van der Waals surface area (Å²) in [7, 11) is 0. The number of allylic oxidation sites excluding steroid dienone is 4. The van der Waals surface area contributed by atoms with Gasteiger partial charge < -0.3 is 0 Å². The third-order valence-corrected chi connectivity index (χ3v) is 11.8. The summed E-state index contributed by atoms with van der Waals surface area (Å²) in [5.41, 5.74) is 3.65. The molecule has 5 fully saturated rings. The van der Waals surface area contributed by atoms with E-state index in [2.05, 4.69) is 12.2 Å². The molecule has 0 heteroatoms. The van der Waals surface area contributed by atoms with E-state index >= 15 is 0 Å². The van der Waals surface area contributed by atoms with Crippen molar-refractivity contribution in [2.75, 3.05) is 0 Å². The summed E-state index contributed by atoms with van der Waals surface area (Å²) in [5.74, 6) is 10.6. The van der Waals surface area contributed by atoms with E-state index in [1.807, 2.05) is 5.57 Å². The van der Waals surface area contributed by atoms with Crippen molar-refractivity contribution in [2.24, 2.45) is 59.2 Å². The standard InChI is InChI=1S/C30H44/c1-2-6-20-10-24-14-28-18-30-16-26-12-22-8-4-3-7-21(22)11-25(26)15-29(30)17-27(28)13-23(24)9-19(20)5-1/h9,13,20-22,24-30H,1-8,10-12,14-18H2. The average molecular weight is 405 g/mol. The minimum atomic E-state index is 0.934. The highest BCUT2D eigenvalue weighted by Crippen LogP contribution is 2.58. The first-order valence-electron chi connectivity index (χ1n) is 14.2. The largest absolute Gasteiger partial charge is 0.0776 e. The third kappa shape index (κ3) is 3.21. The van der Waals surface area contributed by atoms with Gasteiger partial charge >= 0.3 is 0 Å². The lowest BCUT2D eigenvalue weighted by Gasteiger charge is -2.54. The molecule has 7 aliphatic carbocycles. The van der Waals surface area contributed by atoms with E-state index in [0.717, 1.165) is 59.2 Å². The molecule has 0 saturated heterocycles. The van der Waals surface area contributed by atoms with Crippen LogP contribution < -0.4 is 0 Å². The van der Waals surface area contributed by atoms with Gasteiger partial charge in [0.1, 0.15) is 0 Å². The van der Waals surface area contributed by atoms with Crippen LogP contribution in [0.3, 0.4) is 0 Å². The molecule has 10 atom stereocenters. The van der Waals surface area contributed by atoms with Crippen molar-refractivity contribution in [3.8, 4) is 0 Å². The Hall–Kier alpha value is -0.520. The first-order chi connectivity index (χ1) is 14.8. The quantitative estimate of drug-likeness (QED) is 0.380. The van der Waals surface area contributed by atoms with E-state index in [1.54, 1.807) is 76.2 Å². The molecule has 0 aromatic heterocycles. The Bertz CT molecular complexity index is 726. The smallest absolute Gasteiger partial charge is 0.0156 e. The Morgan fingerprint density at radius 2 is 1.13 bits per heavy atom. The van der Waals surface area contributed by atoms with Gasteiger partial charge in [0.25, 0.3) is 0 Å². The van der Waals surface area contributed by atoms with Gasteiger partial charge in [-0.3, -0.25) is 0 Å². The van der Waals surface area contributed by atoms with Crippen molar-refractivity contribution >= 4 is 0 Å². The zero-order chi connectivity index (χ0) is 19.7. The third-order valence-electron chi connectivity index (χ3n) is 11.8. The molecular weight excluding hydrogens is 360 g/mol. The Morgan fingerprint density at radius 3 is 1.90 bits per heavy atom. The van der Waals surface area contributed by atoms with Gasteiger partial charge in [0.15, 0.2) is 0 Å². The highest BCUT2D eigenvalue weighted by atomic mass is 14.5.